The van der Waals surface area contributed by atoms with Crippen LogP contribution in [0.5, 0.6) is 0 Å². The Bertz CT molecular complexity index is 331. The van der Waals surface area contributed by atoms with Gasteiger partial charge < -0.3 is 24.3 Å². The molecule has 0 spiro atoms. The quantitative estimate of drug-likeness (QED) is 0.469. The molecular formula is C9H16NO7S-. The van der Waals surface area contributed by atoms with Crippen LogP contribution in [0.25, 0.3) is 0 Å². The maximum Gasteiger partial charge on any atom is 0.320 e. The van der Waals surface area contributed by atoms with E-state index in [0.29, 0.717) is 0 Å². The highest BCUT2D eigenvalue weighted by Crippen LogP contribution is 2.19. The Kier molecular flexibility index (Phi) is 6.99. The van der Waals surface area contributed by atoms with E-state index in [1.54, 1.807) is 0 Å². The van der Waals surface area contributed by atoms with E-state index in [1.165, 1.54) is 13.8 Å². The number of aliphatic hydroxyl groups excluding tert-OH is 2. The summed E-state index contributed by atoms with van der Waals surface area (Å²) in [7, 11) is 0. The minimum absolute atomic E-state index is 0.173. The molecule has 9 heteroatoms. The molecule has 0 rings (SSSR count). The van der Waals surface area contributed by atoms with Gasteiger partial charge in [0.15, 0.2) is 0 Å². The summed E-state index contributed by atoms with van der Waals surface area (Å²) in [6.07, 6.45) is -1.78. The van der Waals surface area contributed by atoms with Crippen molar-refractivity contribution in [1.82, 2.24) is 5.32 Å². The third kappa shape index (κ3) is 6.05. The number of nitrogens with one attached hydrogen (secondary N) is 1. The molecule has 0 aromatic rings. The Labute approximate surface area is 107 Å². The molecule has 18 heavy (non-hydrogen) atoms. The lowest BCUT2D eigenvalue weighted by Gasteiger charge is -2.27. The van der Waals surface area contributed by atoms with Crippen LogP contribution in [-0.2, 0) is 25.1 Å². The minimum Gasteiger partial charge on any atom is -0.740 e. The van der Waals surface area contributed by atoms with Gasteiger partial charge in [0.2, 0.25) is 5.91 Å². The Balaban J connectivity index is 4.05. The molecule has 0 saturated heterocycles. The van der Waals surface area contributed by atoms with Gasteiger partial charge in [0.25, 0.3) is 0 Å². The van der Waals surface area contributed by atoms with Crippen LogP contribution in [0.3, 0.4) is 0 Å². The van der Waals surface area contributed by atoms with E-state index in [-0.39, 0.29) is 13.0 Å². The first kappa shape index (κ1) is 17.0. The Morgan fingerprint density at radius 1 is 1.50 bits per heavy atom. The highest BCUT2D eigenvalue weighted by Gasteiger charge is 2.32. The molecule has 106 valence electrons. The molecule has 0 fully saturated rings. The van der Waals surface area contributed by atoms with E-state index in [4.69, 9.17) is 5.11 Å². The Morgan fingerprint density at radius 2 is 2.06 bits per heavy atom. The van der Waals surface area contributed by atoms with Crippen LogP contribution in [0, 0.1) is 5.41 Å². The molecule has 1 unspecified atom stereocenters. The van der Waals surface area contributed by atoms with Crippen molar-refractivity contribution in [3.05, 3.63) is 0 Å². The van der Waals surface area contributed by atoms with Gasteiger partial charge >= 0.3 is 5.97 Å². The number of amides is 1. The highest BCUT2D eigenvalue weighted by atomic mass is 32.2. The molecule has 0 aliphatic heterocycles. The van der Waals surface area contributed by atoms with Crippen molar-refractivity contribution in [3.8, 4) is 0 Å². The third-order valence-electron chi connectivity index (χ3n) is 2.19. The molecule has 1 amide bonds. The van der Waals surface area contributed by atoms with Crippen LogP contribution in [-0.4, -0.2) is 50.1 Å². The standard InChI is InChI=1S/C9H17NO7S/c1-9(2,5-11)7(13)8(14)10-4-3-6(12)17-18(15)16/h7,11,13H,3-5H2,1-2H3,(H,10,14)(H,15,16)/p-1/t7-/m0/s1. The van der Waals surface area contributed by atoms with Crippen LogP contribution < -0.4 is 5.32 Å². The fourth-order valence-corrected chi connectivity index (χ4v) is 1.18. The zero-order valence-electron chi connectivity index (χ0n) is 10.0. The van der Waals surface area contributed by atoms with Gasteiger partial charge in [-0.3, -0.25) is 9.59 Å². The van der Waals surface area contributed by atoms with Crippen LogP contribution in [0.4, 0.5) is 0 Å². The van der Waals surface area contributed by atoms with Gasteiger partial charge in [0.05, 0.1) is 13.0 Å². The molecule has 0 aliphatic carbocycles. The van der Waals surface area contributed by atoms with Gasteiger partial charge in [-0.2, -0.15) is 0 Å². The first-order chi connectivity index (χ1) is 8.20. The molecular weight excluding hydrogens is 266 g/mol. The first-order valence-corrected chi connectivity index (χ1v) is 6.07. The van der Waals surface area contributed by atoms with Crippen LogP contribution in [0.2, 0.25) is 0 Å². The zero-order valence-corrected chi connectivity index (χ0v) is 10.9. The van der Waals surface area contributed by atoms with Crippen molar-refractivity contribution in [2.75, 3.05) is 13.2 Å². The van der Waals surface area contributed by atoms with Gasteiger partial charge in [-0.05, 0) is 0 Å². The molecule has 0 heterocycles. The molecule has 2 atom stereocenters. The summed E-state index contributed by atoms with van der Waals surface area (Å²) >= 11 is -2.93. The maximum atomic E-state index is 11.4. The van der Waals surface area contributed by atoms with Crippen molar-refractivity contribution >= 4 is 23.2 Å². The SMILES string of the molecule is CC(C)(CO)[C@@H](O)C(=O)NCCC(=O)OS(=O)[O-]. The number of hydrogen-bond acceptors (Lipinski definition) is 7. The lowest BCUT2D eigenvalue weighted by atomic mass is 9.87. The largest absolute Gasteiger partial charge is 0.740 e. The van der Waals surface area contributed by atoms with E-state index in [2.05, 4.69) is 9.50 Å². The molecule has 0 radical (unpaired) electrons. The summed E-state index contributed by atoms with van der Waals surface area (Å²) < 4.78 is 23.8. The molecule has 3 N–H and O–H groups in total. The molecule has 0 saturated carbocycles. The average molecular weight is 282 g/mol. The number of aliphatic hydroxyl groups is 2. The Hall–Kier alpha value is -1.03. The predicted octanol–water partition coefficient (Wildman–Crippen LogP) is -1.79. The fourth-order valence-electron chi connectivity index (χ4n) is 0.943. The van der Waals surface area contributed by atoms with Crippen molar-refractivity contribution in [2.45, 2.75) is 26.4 Å². The monoisotopic (exact) mass is 282 g/mol. The number of hydrogen-bond donors (Lipinski definition) is 3. The summed E-state index contributed by atoms with van der Waals surface area (Å²) in [6.45, 7) is 2.42. The number of carbonyl (C=O) groups excluding carboxylic acids is 2. The number of rotatable bonds is 7. The zero-order chi connectivity index (χ0) is 14.3. The Morgan fingerprint density at radius 3 is 2.50 bits per heavy atom. The van der Waals surface area contributed by atoms with E-state index in [0.717, 1.165) is 0 Å². The lowest BCUT2D eigenvalue weighted by Crippen LogP contribution is -2.46. The van der Waals surface area contributed by atoms with Gasteiger partial charge in [-0.25, -0.2) is 4.21 Å². The van der Waals surface area contributed by atoms with Crippen molar-refractivity contribution < 1.29 is 32.7 Å². The number of carbonyl (C=O) groups is 2. The van der Waals surface area contributed by atoms with Crippen molar-refractivity contribution in [1.29, 1.82) is 0 Å². The maximum absolute atomic E-state index is 11.4. The second-order valence-electron chi connectivity index (χ2n) is 4.25. The summed E-state index contributed by atoms with van der Waals surface area (Å²) in [6, 6.07) is 0. The predicted molar refractivity (Wildman–Crippen MR) is 59.5 cm³/mol. The smallest absolute Gasteiger partial charge is 0.320 e. The summed E-state index contributed by atoms with van der Waals surface area (Å²) in [5.74, 6) is -1.77. The third-order valence-corrected chi connectivity index (χ3v) is 2.51. The molecule has 0 aliphatic rings. The van der Waals surface area contributed by atoms with Crippen molar-refractivity contribution in [3.63, 3.8) is 0 Å². The normalized spacial score (nSPS) is 14.7. The van der Waals surface area contributed by atoms with Crippen LogP contribution in [0.15, 0.2) is 0 Å². The summed E-state index contributed by atoms with van der Waals surface area (Å²) in [5, 5.41) is 20.7. The second-order valence-corrected chi connectivity index (χ2v) is 4.82. The summed E-state index contributed by atoms with van der Waals surface area (Å²) in [5.41, 5.74) is -1.01. The summed E-state index contributed by atoms with van der Waals surface area (Å²) in [4.78, 5) is 22.2. The molecule has 0 aromatic heterocycles. The molecule has 8 nitrogen and oxygen atoms in total. The molecule has 0 bridgehead atoms. The molecule has 0 aromatic carbocycles. The van der Waals surface area contributed by atoms with Crippen LogP contribution >= 0.6 is 0 Å². The lowest BCUT2D eigenvalue weighted by molar-refractivity contribution is -0.137. The van der Waals surface area contributed by atoms with Gasteiger partial charge in [0.1, 0.15) is 17.5 Å². The van der Waals surface area contributed by atoms with E-state index in [9.17, 15) is 23.5 Å². The van der Waals surface area contributed by atoms with E-state index in [1.807, 2.05) is 0 Å². The highest BCUT2D eigenvalue weighted by molar-refractivity contribution is 7.74. The van der Waals surface area contributed by atoms with Crippen LogP contribution in [0.1, 0.15) is 20.3 Å². The van der Waals surface area contributed by atoms with Gasteiger partial charge in [-0.15, -0.1) is 0 Å². The average Bonchev–Trinajstić information content (AvgIpc) is 2.26. The van der Waals surface area contributed by atoms with Gasteiger partial charge in [0, 0.05) is 12.0 Å². The second kappa shape index (κ2) is 7.41. The van der Waals surface area contributed by atoms with E-state index >= 15 is 0 Å². The minimum atomic E-state index is -2.93. The van der Waals surface area contributed by atoms with E-state index < -0.39 is 41.4 Å². The fraction of sp³-hybridized carbons (Fsp3) is 0.778. The topological polar surface area (TPSA) is 136 Å². The van der Waals surface area contributed by atoms with Crippen molar-refractivity contribution in [2.24, 2.45) is 5.41 Å². The van der Waals surface area contributed by atoms with Gasteiger partial charge in [-0.1, -0.05) is 13.8 Å². The first-order valence-electron chi connectivity index (χ1n) is 5.07.